The maximum atomic E-state index is 12.3. The molecule has 0 heterocycles. The van der Waals surface area contributed by atoms with E-state index in [9.17, 15) is 19.2 Å². The van der Waals surface area contributed by atoms with Crippen molar-refractivity contribution in [3.05, 3.63) is 23.8 Å². The fraction of sp³-hybridized carbons (Fsp3) is 0.600. The normalized spacial score (nSPS) is 12.0. The molecule has 0 aliphatic heterocycles. The van der Waals surface area contributed by atoms with Gasteiger partial charge in [-0.3, -0.25) is 4.79 Å². The van der Waals surface area contributed by atoms with Gasteiger partial charge in [0.05, 0.1) is 20.3 Å². The molecule has 0 saturated carbocycles. The molecule has 0 saturated heterocycles. The monoisotopic (exact) mass is 527 g/mol. The Balaban J connectivity index is 2.92. The molecule has 1 N–H and O–H groups in total. The van der Waals surface area contributed by atoms with Gasteiger partial charge in [0, 0.05) is 6.54 Å². The summed E-state index contributed by atoms with van der Waals surface area (Å²) in [6.45, 7) is 7.70. The molecule has 37 heavy (non-hydrogen) atoms. The van der Waals surface area contributed by atoms with Crippen molar-refractivity contribution in [2.75, 3.05) is 33.5 Å². The van der Waals surface area contributed by atoms with E-state index in [0.717, 1.165) is 0 Å². The summed E-state index contributed by atoms with van der Waals surface area (Å²) in [5, 5.41) is 2.95. The van der Waals surface area contributed by atoms with Crippen molar-refractivity contribution >= 4 is 24.4 Å². The molecular weight excluding hydrogens is 490 g/mol. The predicted molar refractivity (Wildman–Crippen MR) is 131 cm³/mol. The smallest absolute Gasteiger partial charge is 0.468 e. The van der Waals surface area contributed by atoms with Crippen LogP contribution in [-0.2, 0) is 34.9 Å². The highest BCUT2D eigenvalue weighted by Crippen LogP contribution is 2.30. The highest BCUT2D eigenvalue weighted by Gasteiger charge is 2.22. The van der Waals surface area contributed by atoms with E-state index in [1.54, 1.807) is 13.0 Å². The third-order valence-electron chi connectivity index (χ3n) is 4.75. The predicted octanol–water partition coefficient (Wildman–Crippen LogP) is 4.16. The van der Waals surface area contributed by atoms with Gasteiger partial charge in [0.2, 0.25) is 0 Å². The average Bonchev–Trinajstić information content (AvgIpc) is 2.88. The Morgan fingerprint density at radius 3 is 2.00 bits per heavy atom. The molecule has 1 rings (SSSR count). The summed E-state index contributed by atoms with van der Waals surface area (Å²) in [5.41, 5.74) is 0.549. The molecule has 0 fully saturated rings. The standard InChI is InChI=1S/C25H37NO11/c1-6-12-32-24(29)36-20-10-9-18(16-21(20)37-25(30)33-13-7-2)15-19(22(27)31-5)26-11-14-34-23(28)35-17(4)8-3/h9-10,16-17,19,26H,6-8,11-15H2,1-5H3/t17?,19-/m0/s1. The first-order chi connectivity index (χ1) is 17.7. The average molecular weight is 528 g/mol. The van der Waals surface area contributed by atoms with Crippen LogP contribution in [0.2, 0.25) is 0 Å². The number of carbonyl (C=O) groups is 4. The number of hydrogen-bond acceptors (Lipinski definition) is 12. The lowest BCUT2D eigenvalue weighted by Crippen LogP contribution is -2.41. The van der Waals surface area contributed by atoms with E-state index in [0.29, 0.717) is 24.8 Å². The van der Waals surface area contributed by atoms with Gasteiger partial charge in [-0.05, 0) is 50.3 Å². The van der Waals surface area contributed by atoms with E-state index in [4.69, 9.17) is 33.2 Å². The molecular formula is C25H37NO11. The summed E-state index contributed by atoms with van der Waals surface area (Å²) in [6, 6.07) is 3.62. The number of esters is 1. The van der Waals surface area contributed by atoms with Crippen LogP contribution in [0.15, 0.2) is 18.2 Å². The Morgan fingerprint density at radius 2 is 1.43 bits per heavy atom. The van der Waals surface area contributed by atoms with Crippen LogP contribution in [0.25, 0.3) is 0 Å². The van der Waals surface area contributed by atoms with Crippen LogP contribution in [0.4, 0.5) is 14.4 Å². The third kappa shape index (κ3) is 12.8. The van der Waals surface area contributed by atoms with Crippen molar-refractivity contribution < 1.29 is 52.3 Å². The van der Waals surface area contributed by atoms with Gasteiger partial charge in [-0.25, -0.2) is 14.4 Å². The second-order valence-corrected chi connectivity index (χ2v) is 7.85. The minimum atomic E-state index is -0.977. The molecule has 0 radical (unpaired) electrons. The topological polar surface area (TPSA) is 145 Å². The van der Waals surface area contributed by atoms with Gasteiger partial charge in [-0.1, -0.05) is 26.8 Å². The van der Waals surface area contributed by atoms with Crippen LogP contribution >= 0.6 is 0 Å². The van der Waals surface area contributed by atoms with Gasteiger partial charge in [0.1, 0.15) is 18.8 Å². The first-order valence-electron chi connectivity index (χ1n) is 12.2. The first-order valence-corrected chi connectivity index (χ1v) is 12.2. The van der Waals surface area contributed by atoms with E-state index in [1.165, 1.54) is 19.2 Å². The lowest BCUT2D eigenvalue weighted by Gasteiger charge is -2.18. The van der Waals surface area contributed by atoms with Gasteiger partial charge in [-0.2, -0.15) is 0 Å². The van der Waals surface area contributed by atoms with Crippen molar-refractivity contribution in [3.8, 4) is 11.5 Å². The van der Waals surface area contributed by atoms with Crippen LogP contribution < -0.4 is 14.8 Å². The number of ether oxygens (including phenoxy) is 7. The maximum absolute atomic E-state index is 12.3. The number of nitrogens with one attached hydrogen (secondary N) is 1. The largest absolute Gasteiger partial charge is 0.513 e. The number of benzene rings is 1. The summed E-state index contributed by atoms with van der Waals surface area (Å²) in [5.74, 6) is -0.712. The summed E-state index contributed by atoms with van der Waals surface area (Å²) in [6.07, 6.45) is -1.03. The van der Waals surface area contributed by atoms with Crippen molar-refractivity contribution in [1.82, 2.24) is 5.32 Å². The molecule has 12 heteroatoms. The van der Waals surface area contributed by atoms with Crippen LogP contribution in [-0.4, -0.2) is 70.1 Å². The van der Waals surface area contributed by atoms with E-state index < -0.39 is 30.5 Å². The zero-order valence-electron chi connectivity index (χ0n) is 22.0. The lowest BCUT2D eigenvalue weighted by molar-refractivity contribution is -0.143. The summed E-state index contributed by atoms with van der Waals surface area (Å²) in [4.78, 5) is 47.9. The molecule has 1 aromatic rings. The minimum absolute atomic E-state index is 0.0347. The van der Waals surface area contributed by atoms with Gasteiger partial charge in [-0.15, -0.1) is 0 Å². The quantitative estimate of drug-likeness (QED) is 0.151. The minimum Gasteiger partial charge on any atom is -0.468 e. The summed E-state index contributed by atoms with van der Waals surface area (Å²) < 4.78 is 35.1. The van der Waals surface area contributed by atoms with Crippen LogP contribution in [0, 0.1) is 0 Å². The number of rotatable bonds is 15. The molecule has 1 unspecified atom stereocenters. The fourth-order valence-corrected chi connectivity index (χ4v) is 2.72. The Hall–Kier alpha value is -3.54. The van der Waals surface area contributed by atoms with E-state index in [-0.39, 0.29) is 50.4 Å². The van der Waals surface area contributed by atoms with Gasteiger partial charge < -0.3 is 38.5 Å². The SMILES string of the molecule is CCCOC(=O)Oc1ccc(C[C@H](NCCOC(=O)OC(C)CC)C(=O)OC)cc1OC(=O)OCCC. The molecule has 208 valence electrons. The molecule has 0 spiro atoms. The van der Waals surface area contributed by atoms with Crippen LogP contribution in [0.5, 0.6) is 11.5 Å². The third-order valence-corrected chi connectivity index (χ3v) is 4.75. The van der Waals surface area contributed by atoms with Gasteiger partial charge in [0.25, 0.3) is 0 Å². The Kier molecular flexibility index (Phi) is 15.2. The molecule has 0 aliphatic rings. The highest BCUT2D eigenvalue weighted by molar-refractivity contribution is 5.76. The Labute approximate surface area is 216 Å². The molecule has 2 atom stereocenters. The zero-order valence-corrected chi connectivity index (χ0v) is 22.0. The van der Waals surface area contributed by atoms with Crippen molar-refractivity contribution in [3.63, 3.8) is 0 Å². The van der Waals surface area contributed by atoms with Gasteiger partial charge >= 0.3 is 24.4 Å². The van der Waals surface area contributed by atoms with E-state index in [1.807, 2.05) is 20.8 Å². The fourth-order valence-electron chi connectivity index (χ4n) is 2.72. The van der Waals surface area contributed by atoms with E-state index in [2.05, 4.69) is 5.32 Å². The van der Waals surface area contributed by atoms with Crippen molar-refractivity contribution in [1.29, 1.82) is 0 Å². The Bertz CT molecular complexity index is 874. The van der Waals surface area contributed by atoms with Crippen molar-refractivity contribution in [2.24, 2.45) is 0 Å². The maximum Gasteiger partial charge on any atom is 0.513 e. The number of carbonyl (C=O) groups excluding carboxylic acids is 4. The molecule has 0 amide bonds. The highest BCUT2D eigenvalue weighted by atomic mass is 16.7. The van der Waals surface area contributed by atoms with Crippen LogP contribution in [0.3, 0.4) is 0 Å². The second kappa shape index (κ2) is 17.8. The summed E-state index contributed by atoms with van der Waals surface area (Å²) >= 11 is 0. The molecule has 0 aliphatic carbocycles. The van der Waals surface area contributed by atoms with Crippen LogP contribution in [0.1, 0.15) is 52.5 Å². The summed E-state index contributed by atoms with van der Waals surface area (Å²) in [7, 11) is 1.24. The molecule has 1 aromatic carbocycles. The number of methoxy groups -OCH3 is 1. The Morgan fingerprint density at radius 1 is 0.838 bits per heavy atom. The van der Waals surface area contributed by atoms with Crippen molar-refractivity contribution in [2.45, 2.75) is 65.5 Å². The zero-order chi connectivity index (χ0) is 27.6. The van der Waals surface area contributed by atoms with E-state index >= 15 is 0 Å². The first kappa shape index (κ1) is 31.5. The number of hydrogen-bond donors (Lipinski definition) is 1. The molecule has 0 bridgehead atoms. The molecule has 0 aromatic heterocycles. The lowest BCUT2D eigenvalue weighted by atomic mass is 10.1. The molecule has 12 nitrogen and oxygen atoms in total. The second-order valence-electron chi connectivity index (χ2n) is 7.85. The van der Waals surface area contributed by atoms with Gasteiger partial charge in [0.15, 0.2) is 11.5 Å².